The zero-order chi connectivity index (χ0) is 11.4. The Hall–Kier alpha value is -0.450. The SMILES string of the molecule is CC(C)NC(CO)c1cc(Br)ccc1F. The van der Waals surface area contributed by atoms with Crippen LogP contribution in [0.1, 0.15) is 25.5 Å². The molecular formula is C11H15BrFNO. The van der Waals surface area contributed by atoms with Gasteiger partial charge in [0.15, 0.2) is 0 Å². The summed E-state index contributed by atoms with van der Waals surface area (Å²) in [5, 5.41) is 12.3. The Morgan fingerprint density at radius 2 is 2.13 bits per heavy atom. The lowest BCUT2D eigenvalue weighted by molar-refractivity contribution is 0.234. The molecule has 1 unspecified atom stereocenters. The van der Waals surface area contributed by atoms with Crippen molar-refractivity contribution in [2.75, 3.05) is 6.61 Å². The van der Waals surface area contributed by atoms with Gasteiger partial charge in [-0.15, -0.1) is 0 Å². The van der Waals surface area contributed by atoms with Crippen LogP contribution in [-0.4, -0.2) is 17.8 Å². The molecule has 0 saturated carbocycles. The average Bonchev–Trinajstić information content (AvgIpc) is 2.18. The highest BCUT2D eigenvalue weighted by Gasteiger charge is 2.15. The van der Waals surface area contributed by atoms with Crippen LogP contribution in [0.5, 0.6) is 0 Å². The van der Waals surface area contributed by atoms with Crippen molar-refractivity contribution in [3.63, 3.8) is 0 Å². The normalized spacial score (nSPS) is 13.2. The van der Waals surface area contributed by atoms with Crippen LogP contribution < -0.4 is 5.32 Å². The fraction of sp³-hybridized carbons (Fsp3) is 0.455. The van der Waals surface area contributed by atoms with Crippen molar-refractivity contribution in [3.8, 4) is 0 Å². The first-order chi connectivity index (χ1) is 7.04. The number of rotatable bonds is 4. The molecule has 0 spiro atoms. The van der Waals surface area contributed by atoms with Gasteiger partial charge in [0.25, 0.3) is 0 Å². The largest absolute Gasteiger partial charge is 0.394 e. The molecule has 84 valence electrons. The standard InChI is InChI=1S/C11H15BrFNO/c1-7(2)14-11(6-15)9-5-8(12)3-4-10(9)13/h3-5,7,11,14-15H,6H2,1-2H3. The third-order valence-electron chi connectivity index (χ3n) is 2.05. The number of aliphatic hydroxyl groups is 1. The summed E-state index contributed by atoms with van der Waals surface area (Å²) in [6.45, 7) is 3.79. The lowest BCUT2D eigenvalue weighted by atomic mass is 10.1. The molecule has 0 radical (unpaired) electrons. The Labute approximate surface area is 97.6 Å². The highest BCUT2D eigenvalue weighted by Crippen LogP contribution is 2.21. The van der Waals surface area contributed by atoms with E-state index in [1.165, 1.54) is 6.07 Å². The van der Waals surface area contributed by atoms with Crippen LogP contribution in [0.2, 0.25) is 0 Å². The van der Waals surface area contributed by atoms with Gasteiger partial charge in [-0.25, -0.2) is 4.39 Å². The molecule has 2 N–H and O–H groups in total. The summed E-state index contributed by atoms with van der Waals surface area (Å²) in [5.41, 5.74) is 0.487. The van der Waals surface area contributed by atoms with E-state index in [-0.39, 0.29) is 24.5 Å². The van der Waals surface area contributed by atoms with Gasteiger partial charge >= 0.3 is 0 Å². The average molecular weight is 276 g/mol. The van der Waals surface area contributed by atoms with Gasteiger partial charge in [0.1, 0.15) is 5.82 Å². The van der Waals surface area contributed by atoms with Crippen molar-refractivity contribution in [1.82, 2.24) is 5.32 Å². The predicted molar refractivity (Wildman–Crippen MR) is 62.2 cm³/mol. The van der Waals surface area contributed by atoms with Crippen LogP contribution in [0.4, 0.5) is 4.39 Å². The van der Waals surface area contributed by atoms with E-state index >= 15 is 0 Å². The van der Waals surface area contributed by atoms with Gasteiger partial charge in [-0.1, -0.05) is 29.8 Å². The summed E-state index contributed by atoms with van der Waals surface area (Å²) in [6, 6.07) is 4.56. The topological polar surface area (TPSA) is 32.3 Å². The lowest BCUT2D eigenvalue weighted by Crippen LogP contribution is -2.31. The fourth-order valence-electron chi connectivity index (χ4n) is 1.42. The fourth-order valence-corrected chi connectivity index (χ4v) is 1.80. The second-order valence-corrected chi connectivity index (χ2v) is 4.64. The molecular weight excluding hydrogens is 261 g/mol. The van der Waals surface area contributed by atoms with Crippen molar-refractivity contribution < 1.29 is 9.50 Å². The van der Waals surface area contributed by atoms with E-state index in [1.54, 1.807) is 12.1 Å². The van der Waals surface area contributed by atoms with Crippen molar-refractivity contribution in [2.24, 2.45) is 0 Å². The lowest BCUT2D eigenvalue weighted by Gasteiger charge is -2.20. The van der Waals surface area contributed by atoms with Gasteiger partial charge < -0.3 is 10.4 Å². The predicted octanol–water partition coefficient (Wildman–Crippen LogP) is 2.62. The van der Waals surface area contributed by atoms with E-state index in [2.05, 4.69) is 21.2 Å². The van der Waals surface area contributed by atoms with Crippen LogP contribution in [0.3, 0.4) is 0 Å². The highest BCUT2D eigenvalue weighted by atomic mass is 79.9. The van der Waals surface area contributed by atoms with E-state index in [1.807, 2.05) is 13.8 Å². The Morgan fingerprint density at radius 1 is 1.47 bits per heavy atom. The Bertz CT molecular complexity index is 330. The molecule has 0 bridgehead atoms. The van der Waals surface area contributed by atoms with Crippen LogP contribution in [-0.2, 0) is 0 Å². The maximum absolute atomic E-state index is 13.5. The summed E-state index contributed by atoms with van der Waals surface area (Å²) in [5.74, 6) is -0.301. The second-order valence-electron chi connectivity index (χ2n) is 3.72. The molecule has 2 nitrogen and oxygen atoms in total. The number of hydrogen-bond acceptors (Lipinski definition) is 2. The first-order valence-corrected chi connectivity index (χ1v) is 5.65. The first-order valence-electron chi connectivity index (χ1n) is 4.86. The van der Waals surface area contributed by atoms with Crippen molar-refractivity contribution in [2.45, 2.75) is 25.9 Å². The van der Waals surface area contributed by atoms with Crippen LogP contribution in [0, 0.1) is 5.82 Å². The molecule has 0 fully saturated rings. The molecule has 4 heteroatoms. The number of nitrogens with one attached hydrogen (secondary N) is 1. The molecule has 0 saturated heterocycles. The molecule has 0 aliphatic carbocycles. The first kappa shape index (κ1) is 12.6. The minimum atomic E-state index is -0.359. The Balaban J connectivity index is 2.95. The molecule has 1 aromatic rings. The third-order valence-corrected chi connectivity index (χ3v) is 2.54. The number of halogens is 2. The van der Waals surface area contributed by atoms with Crippen molar-refractivity contribution >= 4 is 15.9 Å². The van der Waals surface area contributed by atoms with E-state index < -0.39 is 0 Å². The molecule has 15 heavy (non-hydrogen) atoms. The smallest absolute Gasteiger partial charge is 0.128 e. The molecule has 0 heterocycles. The maximum atomic E-state index is 13.5. The number of hydrogen-bond donors (Lipinski definition) is 2. The van der Waals surface area contributed by atoms with Gasteiger partial charge in [-0.3, -0.25) is 0 Å². The van der Waals surface area contributed by atoms with Crippen molar-refractivity contribution in [1.29, 1.82) is 0 Å². The Kier molecular flexibility index (Phi) is 4.70. The van der Waals surface area contributed by atoms with Crippen LogP contribution >= 0.6 is 15.9 Å². The second kappa shape index (κ2) is 5.58. The minimum absolute atomic E-state index is 0.119. The number of aliphatic hydroxyl groups excluding tert-OH is 1. The molecule has 0 aliphatic rings. The summed E-state index contributed by atoms with van der Waals surface area (Å²) >= 11 is 3.28. The van der Waals surface area contributed by atoms with Gasteiger partial charge in [0, 0.05) is 16.1 Å². The van der Waals surface area contributed by atoms with E-state index in [0.717, 1.165) is 4.47 Å². The molecule has 1 aromatic carbocycles. The molecule has 0 aromatic heterocycles. The van der Waals surface area contributed by atoms with E-state index in [9.17, 15) is 9.50 Å². The van der Waals surface area contributed by atoms with Crippen molar-refractivity contribution in [3.05, 3.63) is 34.1 Å². The molecule has 0 amide bonds. The van der Waals surface area contributed by atoms with E-state index in [4.69, 9.17) is 0 Å². The van der Waals surface area contributed by atoms with Gasteiger partial charge in [-0.05, 0) is 18.2 Å². The Morgan fingerprint density at radius 3 is 2.67 bits per heavy atom. The van der Waals surface area contributed by atoms with Gasteiger partial charge in [-0.2, -0.15) is 0 Å². The van der Waals surface area contributed by atoms with Crippen LogP contribution in [0.15, 0.2) is 22.7 Å². The number of benzene rings is 1. The zero-order valence-electron chi connectivity index (χ0n) is 8.80. The zero-order valence-corrected chi connectivity index (χ0v) is 10.4. The van der Waals surface area contributed by atoms with Gasteiger partial charge in [0.2, 0.25) is 0 Å². The maximum Gasteiger partial charge on any atom is 0.128 e. The van der Waals surface area contributed by atoms with Gasteiger partial charge in [0.05, 0.1) is 12.6 Å². The minimum Gasteiger partial charge on any atom is -0.394 e. The summed E-state index contributed by atoms with van der Waals surface area (Å²) < 4.78 is 14.3. The summed E-state index contributed by atoms with van der Waals surface area (Å²) in [7, 11) is 0. The summed E-state index contributed by atoms with van der Waals surface area (Å²) in [4.78, 5) is 0. The third kappa shape index (κ3) is 3.55. The molecule has 0 aliphatic heterocycles. The quantitative estimate of drug-likeness (QED) is 0.886. The van der Waals surface area contributed by atoms with E-state index in [0.29, 0.717) is 5.56 Å². The molecule has 1 rings (SSSR count). The highest BCUT2D eigenvalue weighted by molar-refractivity contribution is 9.10. The summed E-state index contributed by atoms with van der Waals surface area (Å²) in [6.07, 6.45) is 0. The van der Waals surface area contributed by atoms with Crippen LogP contribution in [0.25, 0.3) is 0 Å². The monoisotopic (exact) mass is 275 g/mol. The molecule has 1 atom stereocenters.